The van der Waals surface area contributed by atoms with Gasteiger partial charge in [-0.2, -0.15) is 0 Å². The summed E-state index contributed by atoms with van der Waals surface area (Å²) in [6, 6.07) is -0.986. The van der Waals surface area contributed by atoms with Crippen LogP contribution in [0.15, 0.2) is 46.3 Å². The zero-order chi connectivity index (χ0) is 19.1. The van der Waals surface area contributed by atoms with Crippen LogP contribution < -0.4 is 11.1 Å². The second-order valence-corrected chi connectivity index (χ2v) is 6.79. The molecule has 1 unspecified atom stereocenters. The van der Waals surface area contributed by atoms with Crippen LogP contribution in [0.25, 0.3) is 0 Å². The second kappa shape index (κ2) is 6.62. The predicted octanol–water partition coefficient (Wildman–Crippen LogP) is -0.0236. The summed E-state index contributed by atoms with van der Waals surface area (Å²) in [5, 5.41) is 2.20. The molecule has 4 amide bonds. The fraction of sp³-hybridized carbons (Fsp3) is 0.368. The number of hydrogen-bond donors (Lipinski definition) is 2. The number of nitrogens with one attached hydrogen (secondary N) is 1. The summed E-state index contributed by atoms with van der Waals surface area (Å²) in [7, 11) is 0. The molecule has 0 saturated carbocycles. The van der Waals surface area contributed by atoms with E-state index in [1.807, 2.05) is 0 Å². The van der Waals surface area contributed by atoms with Crippen LogP contribution in [0.4, 0.5) is 0 Å². The second-order valence-electron chi connectivity index (χ2n) is 6.79. The summed E-state index contributed by atoms with van der Waals surface area (Å²) in [6.45, 7) is 0.934. The van der Waals surface area contributed by atoms with E-state index in [9.17, 15) is 19.2 Å². The molecule has 140 valence electrons. The van der Waals surface area contributed by atoms with E-state index in [0.717, 1.165) is 10.5 Å². The molecule has 1 fully saturated rings. The van der Waals surface area contributed by atoms with E-state index >= 15 is 0 Å². The van der Waals surface area contributed by atoms with Crippen LogP contribution in [0.3, 0.4) is 0 Å². The molecule has 1 atom stereocenters. The topological polar surface area (TPSA) is 119 Å². The Balaban J connectivity index is 1.69. The van der Waals surface area contributed by atoms with Crippen molar-refractivity contribution in [2.45, 2.75) is 31.7 Å². The zero-order valence-electron chi connectivity index (χ0n) is 14.6. The van der Waals surface area contributed by atoms with Gasteiger partial charge in [-0.25, -0.2) is 0 Å². The van der Waals surface area contributed by atoms with Gasteiger partial charge in [0.1, 0.15) is 11.8 Å². The van der Waals surface area contributed by atoms with Crippen molar-refractivity contribution in [2.24, 2.45) is 5.73 Å². The van der Waals surface area contributed by atoms with Gasteiger partial charge in [-0.1, -0.05) is 6.08 Å². The number of allylic oxidation sites excluding steroid dienone is 3. The lowest BCUT2D eigenvalue weighted by molar-refractivity contribution is -0.152. The van der Waals surface area contributed by atoms with Crippen LogP contribution in [-0.4, -0.2) is 47.7 Å². The number of ether oxygens (including phenoxy) is 1. The fourth-order valence-corrected chi connectivity index (χ4v) is 3.70. The molecule has 0 aromatic carbocycles. The smallest absolute Gasteiger partial charge is 0.261 e. The Kier molecular flexibility index (Phi) is 4.27. The summed E-state index contributed by atoms with van der Waals surface area (Å²) in [6.07, 6.45) is 6.46. The first kappa shape index (κ1) is 17.4. The molecule has 0 aromatic rings. The standard InChI is InChI=1S/C19H19N3O5/c20-6-1-7-27-15-9-13-12-8-10(15)2-3-11(12)18(25)22(19(13)26)14-4-5-16(23)21-17(14)24/h2-3,9,14H,1,4-8,20H2,(H,21,23,24). The van der Waals surface area contributed by atoms with E-state index in [2.05, 4.69) is 5.32 Å². The highest BCUT2D eigenvalue weighted by Gasteiger charge is 2.46. The minimum Gasteiger partial charge on any atom is -0.493 e. The summed E-state index contributed by atoms with van der Waals surface area (Å²) in [5.74, 6) is -1.45. The maximum absolute atomic E-state index is 13.1. The molecule has 2 heterocycles. The van der Waals surface area contributed by atoms with E-state index in [1.165, 1.54) is 0 Å². The summed E-state index contributed by atoms with van der Waals surface area (Å²) < 4.78 is 5.76. The van der Waals surface area contributed by atoms with Gasteiger partial charge in [0.25, 0.3) is 11.8 Å². The predicted molar refractivity (Wildman–Crippen MR) is 93.5 cm³/mol. The van der Waals surface area contributed by atoms with Gasteiger partial charge in [-0.05, 0) is 42.7 Å². The number of rotatable bonds is 5. The monoisotopic (exact) mass is 369 g/mol. The summed E-state index contributed by atoms with van der Waals surface area (Å²) in [4.78, 5) is 50.6. The Morgan fingerprint density at radius 1 is 1.19 bits per heavy atom. The maximum Gasteiger partial charge on any atom is 0.261 e. The third-order valence-electron chi connectivity index (χ3n) is 5.09. The van der Waals surface area contributed by atoms with Gasteiger partial charge < -0.3 is 10.5 Å². The van der Waals surface area contributed by atoms with Crippen molar-refractivity contribution in [3.63, 3.8) is 0 Å². The first-order chi connectivity index (χ1) is 13.0. The zero-order valence-corrected chi connectivity index (χ0v) is 14.6. The lowest BCUT2D eigenvalue weighted by atomic mass is 9.80. The summed E-state index contributed by atoms with van der Waals surface area (Å²) in [5.41, 5.74) is 7.84. The number of imide groups is 2. The van der Waals surface area contributed by atoms with E-state index < -0.39 is 29.7 Å². The lowest BCUT2D eigenvalue weighted by Gasteiger charge is -2.38. The Bertz CT molecular complexity index is 893. The van der Waals surface area contributed by atoms with Crippen LogP contribution >= 0.6 is 0 Å². The van der Waals surface area contributed by atoms with Crippen molar-refractivity contribution < 1.29 is 23.9 Å². The number of nitrogens with two attached hydrogens (primary N) is 1. The average molecular weight is 369 g/mol. The number of carbonyl (C=O) groups is 4. The lowest BCUT2D eigenvalue weighted by Crippen LogP contribution is -2.58. The Hall–Kier alpha value is -3.00. The van der Waals surface area contributed by atoms with Crippen molar-refractivity contribution in [3.05, 3.63) is 46.3 Å². The molecule has 3 N–H and O–H groups in total. The highest BCUT2D eigenvalue weighted by atomic mass is 16.5. The SMILES string of the molecule is NCCCOC1=CC2=C3CC1=CC=C3C(=O)N(C1CCC(=O)NC1=O)C2=O. The molecular formula is C19H19N3O5. The van der Waals surface area contributed by atoms with Crippen molar-refractivity contribution in [3.8, 4) is 0 Å². The Morgan fingerprint density at radius 2 is 2.00 bits per heavy atom. The molecule has 2 bridgehead atoms. The van der Waals surface area contributed by atoms with Crippen LogP contribution in [-0.2, 0) is 23.9 Å². The molecule has 2 aliphatic carbocycles. The van der Waals surface area contributed by atoms with Crippen molar-refractivity contribution in [1.82, 2.24) is 10.2 Å². The highest BCUT2D eigenvalue weighted by molar-refractivity contribution is 6.21. The van der Waals surface area contributed by atoms with Crippen molar-refractivity contribution in [2.75, 3.05) is 13.2 Å². The maximum atomic E-state index is 13.1. The van der Waals surface area contributed by atoms with E-state index in [1.54, 1.807) is 18.2 Å². The molecule has 0 spiro atoms. The molecule has 8 heteroatoms. The van der Waals surface area contributed by atoms with Crippen LogP contribution in [0, 0.1) is 0 Å². The quantitative estimate of drug-likeness (QED) is 0.519. The number of carbonyl (C=O) groups excluding carboxylic acids is 4. The van der Waals surface area contributed by atoms with Crippen LogP contribution in [0.1, 0.15) is 25.7 Å². The Morgan fingerprint density at radius 3 is 2.74 bits per heavy atom. The third kappa shape index (κ3) is 2.82. The first-order valence-corrected chi connectivity index (χ1v) is 8.92. The van der Waals surface area contributed by atoms with Gasteiger partial charge in [-0.3, -0.25) is 29.4 Å². The molecule has 1 saturated heterocycles. The van der Waals surface area contributed by atoms with Gasteiger partial charge in [0.15, 0.2) is 0 Å². The average Bonchev–Trinajstić information content (AvgIpc) is 2.65. The molecule has 8 nitrogen and oxygen atoms in total. The van der Waals surface area contributed by atoms with E-state index in [4.69, 9.17) is 10.5 Å². The molecule has 2 aliphatic heterocycles. The van der Waals surface area contributed by atoms with Gasteiger partial charge in [-0.15, -0.1) is 0 Å². The number of nitrogens with zero attached hydrogens (tertiary/aromatic N) is 1. The van der Waals surface area contributed by atoms with Crippen molar-refractivity contribution >= 4 is 23.6 Å². The number of amides is 4. The van der Waals surface area contributed by atoms with Gasteiger partial charge in [0.2, 0.25) is 11.8 Å². The van der Waals surface area contributed by atoms with Crippen LogP contribution in [0.2, 0.25) is 0 Å². The number of piperidine rings is 1. The first-order valence-electron chi connectivity index (χ1n) is 8.92. The normalized spacial score (nSPS) is 24.4. The largest absolute Gasteiger partial charge is 0.493 e. The van der Waals surface area contributed by atoms with Crippen molar-refractivity contribution in [1.29, 1.82) is 0 Å². The van der Waals surface area contributed by atoms with E-state index in [0.29, 0.717) is 48.5 Å². The van der Waals surface area contributed by atoms with Gasteiger partial charge in [0, 0.05) is 24.0 Å². The molecule has 0 aromatic heterocycles. The highest BCUT2D eigenvalue weighted by Crippen LogP contribution is 2.41. The molecule has 0 radical (unpaired) electrons. The molecule has 27 heavy (non-hydrogen) atoms. The summed E-state index contributed by atoms with van der Waals surface area (Å²) >= 11 is 0. The third-order valence-corrected chi connectivity index (χ3v) is 5.09. The van der Waals surface area contributed by atoms with Gasteiger partial charge >= 0.3 is 0 Å². The molecule has 4 rings (SSSR count). The minimum absolute atomic E-state index is 0.0890. The molecular weight excluding hydrogens is 350 g/mol. The van der Waals surface area contributed by atoms with Gasteiger partial charge in [0.05, 0.1) is 6.61 Å². The fourth-order valence-electron chi connectivity index (χ4n) is 3.70. The molecule has 4 aliphatic rings. The van der Waals surface area contributed by atoms with E-state index in [-0.39, 0.29) is 12.8 Å². The minimum atomic E-state index is -0.986. The number of fused-ring (bicyclic) bond motifs is 1. The Labute approximate surface area is 155 Å². The van der Waals surface area contributed by atoms with Crippen LogP contribution in [0.5, 0.6) is 0 Å². The number of hydrogen-bond acceptors (Lipinski definition) is 6.